The van der Waals surface area contributed by atoms with Crippen molar-refractivity contribution in [2.75, 3.05) is 32.7 Å². The van der Waals surface area contributed by atoms with Crippen molar-refractivity contribution >= 4 is 0 Å². The van der Waals surface area contributed by atoms with Crippen LogP contribution in [0, 0.1) is 0 Å². The Morgan fingerprint density at radius 1 is 1.39 bits per heavy atom. The van der Waals surface area contributed by atoms with Crippen LogP contribution in [-0.2, 0) is 0 Å². The van der Waals surface area contributed by atoms with Crippen LogP contribution in [0.4, 0.5) is 0 Å². The summed E-state index contributed by atoms with van der Waals surface area (Å²) in [6.45, 7) is 6.65. The van der Waals surface area contributed by atoms with Crippen molar-refractivity contribution < 1.29 is 5.11 Å². The molecule has 1 aromatic rings. The van der Waals surface area contributed by atoms with Crippen molar-refractivity contribution in [3.8, 4) is 0 Å². The van der Waals surface area contributed by atoms with Gasteiger partial charge in [0.1, 0.15) is 0 Å². The minimum Gasteiger partial charge on any atom is -0.390 e. The van der Waals surface area contributed by atoms with Crippen molar-refractivity contribution in [3.05, 3.63) is 35.9 Å². The van der Waals surface area contributed by atoms with Gasteiger partial charge in [0.15, 0.2) is 0 Å². The van der Waals surface area contributed by atoms with Crippen LogP contribution in [-0.4, -0.2) is 48.8 Å². The van der Waals surface area contributed by atoms with E-state index < -0.39 is 0 Å². The van der Waals surface area contributed by atoms with Gasteiger partial charge in [0, 0.05) is 19.6 Å². The Balaban J connectivity index is 1.78. The van der Waals surface area contributed by atoms with E-state index >= 15 is 0 Å². The standard InChI is InChI=1S/C15H24N2O/c1-2-16-10-15(18)12-17-9-8-14(11-17)13-6-4-3-5-7-13/h3-7,14-16,18H,2,8-12H2,1H3. The summed E-state index contributed by atoms with van der Waals surface area (Å²) in [5, 5.41) is 13.1. The maximum atomic E-state index is 9.89. The molecular weight excluding hydrogens is 224 g/mol. The highest BCUT2D eigenvalue weighted by molar-refractivity contribution is 5.20. The summed E-state index contributed by atoms with van der Waals surface area (Å²) in [6.07, 6.45) is 0.956. The summed E-state index contributed by atoms with van der Waals surface area (Å²) in [5.74, 6) is 0.637. The lowest BCUT2D eigenvalue weighted by molar-refractivity contribution is 0.123. The number of aliphatic hydroxyl groups excluding tert-OH is 1. The minimum atomic E-state index is -0.250. The Labute approximate surface area is 110 Å². The predicted octanol–water partition coefficient (Wildman–Crippen LogP) is 1.45. The van der Waals surface area contributed by atoms with Crippen LogP contribution in [0.5, 0.6) is 0 Å². The van der Waals surface area contributed by atoms with Crippen LogP contribution in [0.2, 0.25) is 0 Å². The number of rotatable bonds is 6. The molecule has 0 saturated carbocycles. The number of nitrogens with one attached hydrogen (secondary N) is 1. The first-order valence-electron chi connectivity index (χ1n) is 6.95. The van der Waals surface area contributed by atoms with Crippen molar-refractivity contribution in [2.45, 2.75) is 25.4 Å². The van der Waals surface area contributed by atoms with E-state index in [2.05, 4.69) is 47.5 Å². The summed E-state index contributed by atoms with van der Waals surface area (Å²) < 4.78 is 0. The lowest BCUT2D eigenvalue weighted by atomic mass is 9.99. The molecule has 3 nitrogen and oxygen atoms in total. The lowest BCUT2D eigenvalue weighted by Crippen LogP contribution is -2.37. The molecule has 1 heterocycles. The molecule has 1 saturated heterocycles. The first-order valence-corrected chi connectivity index (χ1v) is 6.95. The van der Waals surface area contributed by atoms with E-state index in [1.165, 1.54) is 12.0 Å². The average Bonchev–Trinajstić information content (AvgIpc) is 2.86. The third-order valence-electron chi connectivity index (χ3n) is 3.64. The first-order chi connectivity index (χ1) is 8.79. The van der Waals surface area contributed by atoms with E-state index in [1.54, 1.807) is 0 Å². The topological polar surface area (TPSA) is 35.5 Å². The quantitative estimate of drug-likeness (QED) is 0.800. The molecule has 0 bridgehead atoms. The minimum absolute atomic E-state index is 0.250. The van der Waals surface area contributed by atoms with Crippen LogP contribution < -0.4 is 5.32 Å². The van der Waals surface area contributed by atoms with Crippen LogP contribution in [0.15, 0.2) is 30.3 Å². The number of β-amino-alcohol motifs (C(OH)–C–C–N with tert-alkyl or cyclic N) is 1. The highest BCUT2D eigenvalue weighted by Gasteiger charge is 2.24. The van der Waals surface area contributed by atoms with Gasteiger partial charge in [0.25, 0.3) is 0 Å². The van der Waals surface area contributed by atoms with Crippen molar-refractivity contribution in [2.24, 2.45) is 0 Å². The van der Waals surface area contributed by atoms with E-state index in [0.717, 1.165) is 26.2 Å². The van der Waals surface area contributed by atoms with Gasteiger partial charge in [-0.3, -0.25) is 0 Å². The van der Waals surface area contributed by atoms with E-state index in [0.29, 0.717) is 12.5 Å². The smallest absolute Gasteiger partial charge is 0.0791 e. The van der Waals surface area contributed by atoms with E-state index in [9.17, 15) is 5.11 Å². The molecule has 1 fully saturated rings. The molecule has 18 heavy (non-hydrogen) atoms. The Bertz CT molecular complexity index is 342. The molecule has 2 N–H and O–H groups in total. The van der Waals surface area contributed by atoms with Gasteiger partial charge in [-0.05, 0) is 31.0 Å². The molecule has 1 aromatic carbocycles. The zero-order chi connectivity index (χ0) is 12.8. The summed E-state index contributed by atoms with van der Waals surface area (Å²) in [6, 6.07) is 10.7. The lowest BCUT2D eigenvalue weighted by Gasteiger charge is -2.20. The molecule has 0 radical (unpaired) electrons. The maximum absolute atomic E-state index is 9.89. The largest absolute Gasteiger partial charge is 0.390 e. The highest BCUT2D eigenvalue weighted by atomic mass is 16.3. The summed E-state index contributed by atoms with van der Waals surface area (Å²) >= 11 is 0. The number of benzene rings is 1. The van der Waals surface area contributed by atoms with Crippen LogP contribution >= 0.6 is 0 Å². The van der Waals surface area contributed by atoms with Gasteiger partial charge in [-0.2, -0.15) is 0 Å². The van der Waals surface area contributed by atoms with Crippen LogP contribution in [0.3, 0.4) is 0 Å². The Hall–Kier alpha value is -0.900. The number of aliphatic hydroxyl groups is 1. The third-order valence-corrected chi connectivity index (χ3v) is 3.64. The molecule has 3 heteroatoms. The molecule has 1 aliphatic heterocycles. The maximum Gasteiger partial charge on any atom is 0.0791 e. The second-order valence-corrected chi connectivity index (χ2v) is 5.12. The number of hydrogen-bond donors (Lipinski definition) is 2. The van der Waals surface area contributed by atoms with E-state index in [1.807, 2.05) is 0 Å². The van der Waals surface area contributed by atoms with Gasteiger partial charge in [0.2, 0.25) is 0 Å². The molecule has 0 amide bonds. The SMILES string of the molecule is CCNCC(O)CN1CCC(c2ccccc2)C1. The number of nitrogens with zero attached hydrogens (tertiary/aromatic N) is 1. The molecule has 100 valence electrons. The summed E-state index contributed by atoms with van der Waals surface area (Å²) in [5.41, 5.74) is 1.43. The normalized spacial score (nSPS) is 22.2. The fraction of sp³-hybridized carbons (Fsp3) is 0.600. The van der Waals surface area contributed by atoms with Gasteiger partial charge < -0.3 is 15.3 Å². The molecule has 2 atom stereocenters. The van der Waals surface area contributed by atoms with Gasteiger partial charge in [-0.15, -0.1) is 0 Å². The van der Waals surface area contributed by atoms with Crippen LogP contribution in [0.25, 0.3) is 0 Å². The fourth-order valence-electron chi connectivity index (χ4n) is 2.67. The van der Waals surface area contributed by atoms with Crippen molar-refractivity contribution in [1.29, 1.82) is 0 Å². The molecule has 0 aromatic heterocycles. The fourth-order valence-corrected chi connectivity index (χ4v) is 2.67. The predicted molar refractivity (Wildman–Crippen MR) is 74.8 cm³/mol. The number of likely N-dealkylation sites (N-methyl/N-ethyl adjacent to an activating group) is 1. The van der Waals surface area contributed by atoms with Gasteiger partial charge in [0.05, 0.1) is 6.10 Å². The molecular formula is C15H24N2O. The first kappa shape index (κ1) is 13.5. The monoisotopic (exact) mass is 248 g/mol. The van der Waals surface area contributed by atoms with Gasteiger partial charge >= 0.3 is 0 Å². The molecule has 2 unspecified atom stereocenters. The zero-order valence-electron chi connectivity index (χ0n) is 11.2. The Morgan fingerprint density at radius 3 is 2.89 bits per heavy atom. The third kappa shape index (κ3) is 3.80. The highest BCUT2D eigenvalue weighted by Crippen LogP contribution is 2.26. The van der Waals surface area contributed by atoms with E-state index in [4.69, 9.17) is 0 Å². The Morgan fingerprint density at radius 2 is 2.17 bits per heavy atom. The molecule has 2 rings (SSSR count). The average molecular weight is 248 g/mol. The Kier molecular flexibility index (Phi) is 5.17. The number of likely N-dealkylation sites (tertiary alicyclic amines) is 1. The van der Waals surface area contributed by atoms with Crippen molar-refractivity contribution in [1.82, 2.24) is 10.2 Å². The summed E-state index contributed by atoms with van der Waals surface area (Å²) in [4.78, 5) is 2.37. The number of hydrogen-bond acceptors (Lipinski definition) is 3. The molecule has 0 aliphatic carbocycles. The van der Waals surface area contributed by atoms with Gasteiger partial charge in [-0.1, -0.05) is 37.3 Å². The molecule has 0 spiro atoms. The second kappa shape index (κ2) is 6.88. The van der Waals surface area contributed by atoms with Crippen LogP contribution in [0.1, 0.15) is 24.8 Å². The van der Waals surface area contributed by atoms with Gasteiger partial charge in [-0.25, -0.2) is 0 Å². The second-order valence-electron chi connectivity index (χ2n) is 5.12. The zero-order valence-corrected chi connectivity index (χ0v) is 11.2. The molecule has 1 aliphatic rings. The summed E-state index contributed by atoms with van der Waals surface area (Å²) in [7, 11) is 0. The van der Waals surface area contributed by atoms with Crippen molar-refractivity contribution in [3.63, 3.8) is 0 Å². The van der Waals surface area contributed by atoms with E-state index in [-0.39, 0.29) is 6.10 Å².